The molecule has 0 aromatic heterocycles. The second kappa shape index (κ2) is 4.92. The summed E-state index contributed by atoms with van der Waals surface area (Å²) in [7, 11) is -3.68. The summed E-state index contributed by atoms with van der Waals surface area (Å²) in [6, 6.07) is 6.06. The Hall–Kier alpha value is -1.44. The second-order valence-electron chi connectivity index (χ2n) is 4.88. The summed E-state index contributed by atoms with van der Waals surface area (Å²) >= 11 is 0. The minimum absolute atomic E-state index is 0.0527. The summed E-state index contributed by atoms with van der Waals surface area (Å²) in [5.74, 6) is -0.158. The second-order valence-corrected chi connectivity index (χ2v) is 6.44. The Morgan fingerprint density at radius 1 is 1.26 bits per heavy atom. The van der Waals surface area contributed by atoms with Crippen LogP contribution in [0.5, 0.6) is 0 Å². The van der Waals surface area contributed by atoms with Crippen molar-refractivity contribution >= 4 is 15.9 Å². The van der Waals surface area contributed by atoms with Crippen molar-refractivity contribution in [2.45, 2.75) is 36.2 Å². The van der Waals surface area contributed by atoms with Gasteiger partial charge in [0.2, 0.25) is 15.9 Å². The van der Waals surface area contributed by atoms with Crippen LogP contribution in [0, 0.1) is 0 Å². The molecule has 0 atom stereocenters. The summed E-state index contributed by atoms with van der Waals surface area (Å²) < 4.78 is 22.2. The van der Waals surface area contributed by atoms with E-state index in [2.05, 4.69) is 5.32 Å². The first kappa shape index (κ1) is 14.0. The Balaban J connectivity index is 1.95. The van der Waals surface area contributed by atoms with Gasteiger partial charge in [0.15, 0.2) is 0 Å². The Morgan fingerprint density at radius 3 is 2.26 bits per heavy atom. The number of rotatable bonds is 4. The highest BCUT2D eigenvalue weighted by molar-refractivity contribution is 7.89. The highest BCUT2D eigenvalue weighted by atomic mass is 32.2. The van der Waals surface area contributed by atoms with Gasteiger partial charge >= 0.3 is 0 Å². The maximum absolute atomic E-state index is 11.8. The lowest BCUT2D eigenvalue weighted by molar-refractivity contribution is -0.129. The summed E-state index contributed by atoms with van der Waals surface area (Å²) in [4.78, 5) is 11.8. The summed E-state index contributed by atoms with van der Waals surface area (Å²) in [6.45, 7) is 0.322. The molecule has 1 saturated carbocycles. The topological polar surface area (TPSA) is 115 Å². The van der Waals surface area contributed by atoms with Gasteiger partial charge in [-0.2, -0.15) is 0 Å². The predicted molar refractivity (Wildman–Crippen MR) is 70.4 cm³/mol. The number of carbonyl (C=O) groups is 1. The first-order chi connectivity index (χ1) is 8.81. The first-order valence-corrected chi connectivity index (χ1v) is 7.55. The monoisotopic (exact) mass is 283 g/mol. The van der Waals surface area contributed by atoms with E-state index in [-0.39, 0.29) is 10.8 Å². The van der Waals surface area contributed by atoms with Crippen molar-refractivity contribution in [3.63, 3.8) is 0 Å². The molecule has 1 aliphatic rings. The van der Waals surface area contributed by atoms with Crippen molar-refractivity contribution in [1.29, 1.82) is 0 Å². The first-order valence-electron chi connectivity index (χ1n) is 6.00. The lowest BCUT2D eigenvalue weighted by Gasteiger charge is -2.36. The summed E-state index contributed by atoms with van der Waals surface area (Å²) in [5, 5.41) is 7.75. The number of carbonyl (C=O) groups excluding carboxylic acids is 1. The van der Waals surface area contributed by atoms with E-state index in [1.54, 1.807) is 12.1 Å². The molecule has 2 rings (SSSR count). The number of hydrogen-bond acceptors (Lipinski definition) is 4. The molecule has 0 saturated heterocycles. The van der Waals surface area contributed by atoms with Crippen LogP contribution in [0.25, 0.3) is 0 Å². The van der Waals surface area contributed by atoms with Crippen molar-refractivity contribution in [2.75, 3.05) is 0 Å². The molecule has 6 nitrogen and oxygen atoms in total. The maximum Gasteiger partial charge on any atom is 0.240 e. The maximum atomic E-state index is 11.8. The lowest BCUT2D eigenvalue weighted by Crippen LogP contribution is -2.58. The van der Waals surface area contributed by atoms with E-state index >= 15 is 0 Å². The number of nitrogens with one attached hydrogen (secondary N) is 1. The van der Waals surface area contributed by atoms with Gasteiger partial charge in [0, 0.05) is 6.54 Å². The minimum Gasteiger partial charge on any atom is -0.350 e. The standard InChI is InChI=1S/C12H17N3O3S/c13-12(6-1-7-12)11(16)15-8-9-2-4-10(5-3-9)19(14,17)18/h2-5H,1,6-8,13H2,(H,15,16)(H2,14,17,18). The summed E-state index contributed by atoms with van der Waals surface area (Å²) in [5.41, 5.74) is 5.96. The Morgan fingerprint density at radius 2 is 1.84 bits per heavy atom. The van der Waals surface area contributed by atoms with Gasteiger partial charge in [0.25, 0.3) is 0 Å². The van der Waals surface area contributed by atoms with E-state index in [0.29, 0.717) is 19.4 Å². The third-order valence-corrected chi connectivity index (χ3v) is 4.33. The molecule has 0 aliphatic heterocycles. The molecular formula is C12H17N3O3S. The van der Waals surface area contributed by atoms with Crippen LogP contribution in [-0.4, -0.2) is 19.9 Å². The molecule has 0 spiro atoms. The largest absolute Gasteiger partial charge is 0.350 e. The van der Waals surface area contributed by atoms with Crippen molar-refractivity contribution < 1.29 is 13.2 Å². The van der Waals surface area contributed by atoms with Gasteiger partial charge in [-0.05, 0) is 37.0 Å². The zero-order chi connectivity index (χ0) is 14.1. The van der Waals surface area contributed by atoms with E-state index in [0.717, 1.165) is 12.0 Å². The van der Waals surface area contributed by atoms with Crippen molar-refractivity contribution in [3.05, 3.63) is 29.8 Å². The molecule has 0 unspecified atom stereocenters. The van der Waals surface area contributed by atoms with E-state index in [4.69, 9.17) is 10.9 Å². The van der Waals surface area contributed by atoms with Gasteiger partial charge in [0.1, 0.15) is 0 Å². The molecule has 7 heteroatoms. The number of hydrogen-bond donors (Lipinski definition) is 3. The Kier molecular flexibility index (Phi) is 3.62. The number of nitrogens with two attached hydrogens (primary N) is 2. The third-order valence-electron chi connectivity index (χ3n) is 3.40. The van der Waals surface area contributed by atoms with Crippen LogP contribution in [0.1, 0.15) is 24.8 Å². The molecule has 1 aliphatic carbocycles. The molecule has 1 aromatic rings. The Labute approximate surface area is 112 Å². The van der Waals surface area contributed by atoms with Gasteiger partial charge in [-0.1, -0.05) is 12.1 Å². The number of amides is 1. The van der Waals surface area contributed by atoms with Gasteiger partial charge < -0.3 is 11.1 Å². The van der Waals surface area contributed by atoms with E-state index in [9.17, 15) is 13.2 Å². The van der Waals surface area contributed by atoms with Crippen LogP contribution in [0.3, 0.4) is 0 Å². The van der Waals surface area contributed by atoms with Crippen LogP contribution in [0.15, 0.2) is 29.2 Å². The fourth-order valence-corrected chi connectivity index (χ4v) is 2.46. The molecule has 104 valence electrons. The fourth-order valence-electron chi connectivity index (χ4n) is 1.94. The summed E-state index contributed by atoms with van der Waals surface area (Å²) in [6.07, 6.45) is 2.40. The van der Waals surface area contributed by atoms with Crippen LogP contribution in [-0.2, 0) is 21.4 Å². The van der Waals surface area contributed by atoms with Crippen molar-refractivity contribution in [2.24, 2.45) is 10.9 Å². The SMILES string of the molecule is NC1(C(=O)NCc2ccc(S(N)(=O)=O)cc2)CCC1. The molecule has 1 aromatic carbocycles. The van der Waals surface area contributed by atoms with Crippen LogP contribution >= 0.6 is 0 Å². The predicted octanol–water partition coefficient (Wildman–Crippen LogP) is -0.168. The molecule has 1 fully saturated rings. The molecule has 0 heterocycles. The molecule has 1 amide bonds. The molecule has 0 bridgehead atoms. The zero-order valence-electron chi connectivity index (χ0n) is 10.4. The number of sulfonamides is 1. The van der Waals surface area contributed by atoms with Crippen molar-refractivity contribution in [1.82, 2.24) is 5.32 Å². The molecule has 5 N–H and O–H groups in total. The Bertz CT molecular complexity index is 577. The van der Waals surface area contributed by atoms with Gasteiger partial charge in [-0.25, -0.2) is 13.6 Å². The quantitative estimate of drug-likeness (QED) is 0.711. The van der Waals surface area contributed by atoms with Gasteiger partial charge in [-0.15, -0.1) is 0 Å². The molecule has 0 radical (unpaired) electrons. The van der Waals surface area contributed by atoms with Crippen molar-refractivity contribution in [3.8, 4) is 0 Å². The average Bonchev–Trinajstić information content (AvgIpc) is 2.32. The van der Waals surface area contributed by atoms with Gasteiger partial charge in [-0.3, -0.25) is 4.79 Å². The average molecular weight is 283 g/mol. The highest BCUT2D eigenvalue weighted by Crippen LogP contribution is 2.29. The van der Waals surface area contributed by atoms with E-state index in [1.807, 2.05) is 0 Å². The van der Waals surface area contributed by atoms with Gasteiger partial charge in [0.05, 0.1) is 10.4 Å². The normalized spacial score (nSPS) is 17.6. The molecule has 19 heavy (non-hydrogen) atoms. The van der Waals surface area contributed by atoms with Crippen LogP contribution in [0.4, 0.5) is 0 Å². The van der Waals surface area contributed by atoms with Crippen LogP contribution < -0.4 is 16.2 Å². The zero-order valence-corrected chi connectivity index (χ0v) is 11.2. The minimum atomic E-state index is -3.68. The highest BCUT2D eigenvalue weighted by Gasteiger charge is 2.39. The van der Waals surface area contributed by atoms with Crippen LogP contribution in [0.2, 0.25) is 0 Å². The van der Waals surface area contributed by atoms with E-state index < -0.39 is 15.6 Å². The lowest BCUT2D eigenvalue weighted by atomic mass is 9.77. The molecular weight excluding hydrogens is 266 g/mol. The smallest absolute Gasteiger partial charge is 0.240 e. The fraction of sp³-hybridized carbons (Fsp3) is 0.417. The van der Waals surface area contributed by atoms with E-state index in [1.165, 1.54) is 12.1 Å². The number of primary sulfonamides is 1. The number of benzene rings is 1. The third kappa shape index (κ3) is 3.12.